The number of nitrogens with two attached hydrogens (primary N) is 1. The molecule has 1 aliphatic heterocycles. The predicted octanol–water partition coefficient (Wildman–Crippen LogP) is 3.85. The maximum Gasteiger partial charge on any atom is 0.191 e. The van der Waals surface area contributed by atoms with E-state index >= 15 is 0 Å². The molecule has 0 atom stereocenters. The van der Waals surface area contributed by atoms with Crippen molar-refractivity contribution in [2.45, 2.75) is 32.1 Å². The molecule has 1 aliphatic rings. The van der Waals surface area contributed by atoms with E-state index in [-0.39, 0.29) is 29.8 Å². The Morgan fingerprint density at radius 2 is 2.05 bits per heavy atom. The monoisotopic (exact) mass is 437 g/mol. The molecule has 1 saturated heterocycles. The highest BCUT2D eigenvalue weighted by Gasteiger charge is 2.16. The quantitative estimate of drug-likeness (QED) is 0.442. The molecule has 0 bridgehead atoms. The second kappa shape index (κ2) is 9.60. The Morgan fingerprint density at radius 1 is 1.36 bits per heavy atom. The van der Waals surface area contributed by atoms with E-state index in [0.717, 1.165) is 35.9 Å². The van der Waals surface area contributed by atoms with E-state index in [0.29, 0.717) is 12.5 Å². The van der Waals surface area contributed by atoms with Crippen LogP contribution < -0.4 is 5.73 Å². The Labute approximate surface area is 154 Å². The molecule has 2 rings (SSSR count). The summed E-state index contributed by atoms with van der Waals surface area (Å²) in [6.07, 6.45) is 4.36. The zero-order valence-electron chi connectivity index (χ0n) is 13.2. The van der Waals surface area contributed by atoms with Gasteiger partial charge < -0.3 is 10.6 Å². The van der Waals surface area contributed by atoms with Gasteiger partial charge in [0.25, 0.3) is 0 Å². The van der Waals surface area contributed by atoms with Gasteiger partial charge in [0.2, 0.25) is 0 Å². The predicted molar refractivity (Wildman–Crippen MR) is 104 cm³/mol. The zero-order valence-corrected chi connectivity index (χ0v) is 16.4. The molecule has 0 unspecified atom stereocenters. The third-order valence-corrected chi connectivity index (χ3v) is 4.59. The molecule has 0 amide bonds. The van der Waals surface area contributed by atoms with Crippen molar-refractivity contribution >= 4 is 41.7 Å². The number of benzene rings is 1. The average molecular weight is 437 g/mol. The van der Waals surface area contributed by atoms with E-state index in [2.05, 4.69) is 16.8 Å². The molecule has 6 heteroatoms. The Bertz CT molecular complexity index is 502. The second-order valence-electron chi connectivity index (χ2n) is 5.69. The highest BCUT2D eigenvalue weighted by atomic mass is 127. The molecular formula is C16H25FIN3S. The smallest absolute Gasteiger partial charge is 0.191 e. The first-order chi connectivity index (χ1) is 10.1. The van der Waals surface area contributed by atoms with E-state index in [1.54, 1.807) is 17.8 Å². The van der Waals surface area contributed by atoms with Crippen molar-refractivity contribution in [2.24, 2.45) is 16.6 Å². The minimum atomic E-state index is -0.190. The van der Waals surface area contributed by atoms with Crippen LogP contribution in [0.3, 0.4) is 0 Å². The number of thioether (sulfide) groups is 1. The summed E-state index contributed by atoms with van der Waals surface area (Å²) in [5, 5.41) is 0. The molecule has 22 heavy (non-hydrogen) atoms. The lowest BCUT2D eigenvalue weighted by Gasteiger charge is -2.31. The lowest BCUT2D eigenvalue weighted by Crippen LogP contribution is -2.42. The largest absolute Gasteiger partial charge is 0.370 e. The second-order valence-corrected chi connectivity index (χ2v) is 6.56. The molecule has 0 aromatic heterocycles. The lowest BCUT2D eigenvalue weighted by atomic mass is 10.00. The first-order valence-corrected chi connectivity index (χ1v) is 8.80. The fourth-order valence-electron chi connectivity index (χ4n) is 2.54. The molecule has 1 heterocycles. The summed E-state index contributed by atoms with van der Waals surface area (Å²) in [6, 6.07) is 4.91. The first kappa shape index (κ1) is 19.5. The maximum absolute atomic E-state index is 13.3. The molecule has 0 aliphatic carbocycles. The van der Waals surface area contributed by atoms with Crippen LogP contribution >= 0.6 is 35.7 Å². The van der Waals surface area contributed by atoms with Gasteiger partial charge in [0.1, 0.15) is 5.82 Å². The van der Waals surface area contributed by atoms with Crippen LogP contribution in [0.15, 0.2) is 23.2 Å². The highest BCUT2D eigenvalue weighted by molar-refractivity contribution is 14.0. The molecule has 0 saturated carbocycles. The van der Waals surface area contributed by atoms with E-state index in [9.17, 15) is 4.39 Å². The van der Waals surface area contributed by atoms with Crippen molar-refractivity contribution in [3.63, 3.8) is 0 Å². The van der Waals surface area contributed by atoms with Gasteiger partial charge in [-0.25, -0.2) is 9.38 Å². The van der Waals surface area contributed by atoms with Gasteiger partial charge in [-0.15, -0.1) is 24.0 Å². The van der Waals surface area contributed by atoms with E-state index < -0.39 is 0 Å². The Balaban J connectivity index is 0.00000242. The summed E-state index contributed by atoms with van der Waals surface area (Å²) in [5.74, 6) is 1.99. The van der Waals surface area contributed by atoms with Gasteiger partial charge in [-0.3, -0.25) is 0 Å². The summed E-state index contributed by atoms with van der Waals surface area (Å²) in [6.45, 7) is 4.76. The first-order valence-electron chi connectivity index (χ1n) is 7.41. The molecule has 1 aromatic carbocycles. The van der Waals surface area contributed by atoms with Gasteiger partial charge >= 0.3 is 0 Å². The van der Waals surface area contributed by atoms with Crippen molar-refractivity contribution in [1.29, 1.82) is 0 Å². The summed E-state index contributed by atoms with van der Waals surface area (Å²) in [7, 11) is 0. The fraction of sp³-hybridized carbons (Fsp3) is 0.562. The topological polar surface area (TPSA) is 41.6 Å². The molecule has 1 fully saturated rings. The number of hydrogen-bond donors (Lipinski definition) is 1. The number of halogens is 2. The van der Waals surface area contributed by atoms with Crippen LogP contribution in [0.5, 0.6) is 0 Å². The summed E-state index contributed by atoms with van der Waals surface area (Å²) >= 11 is 1.68. The highest BCUT2D eigenvalue weighted by Crippen LogP contribution is 2.19. The van der Waals surface area contributed by atoms with Crippen LogP contribution in [0.25, 0.3) is 0 Å². The molecule has 1 aromatic rings. The van der Waals surface area contributed by atoms with Crippen LogP contribution in [0.4, 0.5) is 4.39 Å². The summed E-state index contributed by atoms with van der Waals surface area (Å²) in [5.41, 5.74) is 8.15. The van der Waals surface area contributed by atoms with Crippen molar-refractivity contribution in [3.8, 4) is 0 Å². The van der Waals surface area contributed by atoms with Crippen LogP contribution in [0.2, 0.25) is 0 Å². The molecule has 2 N–H and O–H groups in total. The average Bonchev–Trinajstić information content (AvgIpc) is 2.47. The molecule has 3 nitrogen and oxygen atoms in total. The van der Waals surface area contributed by atoms with Gasteiger partial charge in [0.05, 0.1) is 6.54 Å². The number of rotatable bonds is 4. The van der Waals surface area contributed by atoms with Gasteiger partial charge in [0.15, 0.2) is 5.96 Å². The Kier molecular flexibility index (Phi) is 8.53. The standard InChI is InChI=1S/C16H24FN3S.HI/c1-12-5-7-20(8-6-12)16(18)19-10-13-3-4-15(17)9-14(13)11-21-2;/h3-4,9,12H,5-8,10-11H2,1-2H3,(H2,18,19);1H. The van der Waals surface area contributed by atoms with E-state index in [4.69, 9.17) is 5.73 Å². The van der Waals surface area contributed by atoms with Gasteiger partial charge in [-0.05, 0) is 48.3 Å². The number of nitrogens with zero attached hydrogens (tertiary/aromatic N) is 2. The van der Waals surface area contributed by atoms with Crippen LogP contribution in [-0.2, 0) is 12.3 Å². The minimum absolute atomic E-state index is 0. The van der Waals surface area contributed by atoms with Gasteiger partial charge in [0, 0.05) is 18.8 Å². The van der Waals surface area contributed by atoms with Crippen molar-refractivity contribution in [1.82, 2.24) is 4.90 Å². The number of likely N-dealkylation sites (tertiary alicyclic amines) is 1. The SMILES string of the molecule is CSCc1cc(F)ccc1CN=C(N)N1CCC(C)CC1.I. The number of aliphatic imine (C=N–C) groups is 1. The number of hydrogen-bond acceptors (Lipinski definition) is 2. The molecule has 124 valence electrons. The van der Waals surface area contributed by atoms with Crippen LogP contribution in [0, 0.1) is 11.7 Å². The lowest BCUT2D eigenvalue weighted by molar-refractivity contribution is 0.277. The van der Waals surface area contributed by atoms with Crippen molar-refractivity contribution < 1.29 is 4.39 Å². The summed E-state index contributed by atoms with van der Waals surface area (Å²) in [4.78, 5) is 6.65. The van der Waals surface area contributed by atoms with Crippen LogP contribution in [-0.4, -0.2) is 30.2 Å². The Hall–Kier alpha value is -0.500. The normalized spacial score (nSPS) is 16.5. The third kappa shape index (κ3) is 5.61. The maximum atomic E-state index is 13.3. The van der Waals surface area contributed by atoms with Crippen LogP contribution in [0.1, 0.15) is 30.9 Å². The molecule has 0 radical (unpaired) electrons. The third-order valence-electron chi connectivity index (χ3n) is 3.99. The zero-order chi connectivity index (χ0) is 15.2. The van der Waals surface area contributed by atoms with Crippen molar-refractivity contribution in [2.75, 3.05) is 19.3 Å². The minimum Gasteiger partial charge on any atom is -0.370 e. The number of guanidine groups is 1. The fourth-order valence-corrected chi connectivity index (χ4v) is 3.12. The van der Waals surface area contributed by atoms with E-state index in [1.807, 2.05) is 12.3 Å². The molecule has 0 spiro atoms. The van der Waals surface area contributed by atoms with Crippen molar-refractivity contribution in [3.05, 3.63) is 35.1 Å². The van der Waals surface area contributed by atoms with Gasteiger partial charge in [-0.1, -0.05) is 13.0 Å². The van der Waals surface area contributed by atoms with E-state index in [1.165, 1.54) is 18.9 Å². The molecular weight excluding hydrogens is 412 g/mol. The Morgan fingerprint density at radius 3 is 2.68 bits per heavy atom. The van der Waals surface area contributed by atoms with Gasteiger partial charge in [-0.2, -0.15) is 11.8 Å². The summed E-state index contributed by atoms with van der Waals surface area (Å²) < 4.78 is 13.3. The number of piperidine rings is 1.